The van der Waals surface area contributed by atoms with Gasteiger partial charge in [0.1, 0.15) is 0 Å². The van der Waals surface area contributed by atoms with Gasteiger partial charge in [-0.1, -0.05) is 6.07 Å². The van der Waals surface area contributed by atoms with E-state index in [0.717, 1.165) is 45.6 Å². The number of hydrogen-bond donors (Lipinski definition) is 1. The van der Waals surface area contributed by atoms with Crippen LogP contribution < -0.4 is 10.7 Å². The molecule has 2 aliphatic heterocycles. The highest BCUT2D eigenvalue weighted by Crippen LogP contribution is 2.31. The molecule has 0 atom stereocenters. The fourth-order valence-corrected chi connectivity index (χ4v) is 3.34. The molecule has 0 spiro atoms. The minimum absolute atomic E-state index is 0.799. The van der Waals surface area contributed by atoms with Crippen LogP contribution in [0.15, 0.2) is 12.1 Å². The monoisotopic (exact) mass is 275 g/mol. The van der Waals surface area contributed by atoms with Crippen LogP contribution in [-0.4, -0.2) is 44.9 Å². The summed E-state index contributed by atoms with van der Waals surface area (Å²) in [4.78, 5) is 2.48. The number of hydrogen-bond acceptors (Lipinski definition) is 4. The van der Waals surface area contributed by atoms with Gasteiger partial charge in [0.25, 0.3) is 0 Å². The number of benzene rings is 1. The number of rotatable bonds is 3. The van der Waals surface area contributed by atoms with E-state index in [0.29, 0.717) is 0 Å². The third-order valence-corrected chi connectivity index (χ3v) is 4.52. The van der Waals surface area contributed by atoms with E-state index in [1.807, 2.05) is 5.01 Å². The smallest absolute Gasteiger partial charge is 0.0637 e. The van der Waals surface area contributed by atoms with Gasteiger partial charge < -0.3 is 9.64 Å². The number of nitrogens with two attached hydrogens (primary N) is 1. The van der Waals surface area contributed by atoms with Crippen molar-refractivity contribution in [3.63, 3.8) is 0 Å². The van der Waals surface area contributed by atoms with Crippen molar-refractivity contribution < 1.29 is 4.74 Å². The van der Waals surface area contributed by atoms with Crippen LogP contribution in [0, 0.1) is 0 Å². The van der Waals surface area contributed by atoms with Crippen LogP contribution in [0.25, 0.3) is 0 Å². The van der Waals surface area contributed by atoms with Crippen LogP contribution in [0.3, 0.4) is 0 Å². The third-order valence-electron chi connectivity index (χ3n) is 4.52. The summed E-state index contributed by atoms with van der Waals surface area (Å²) in [7, 11) is 1.78. The molecule has 1 aromatic rings. The van der Waals surface area contributed by atoms with Gasteiger partial charge in [0.05, 0.1) is 6.61 Å². The van der Waals surface area contributed by atoms with E-state index in [-0.39, 0.29) is 0 Å². The molecule has 0 saturated carbocycles. The van der Waals surface area contributed by atoms with Crippen molar-refractivity contribution in [3.05, 3.63) is 28.8 Å². The van der Waals surface area contributed by atoms with Crippen LogP contribution in [-0.2, 0) is 24.0 Å². The Labute approximate surface area is 121 Å². The summed E-state index contributed by atoms with van der Waals surface area (Å²) in [5.41, 5.74) is 5.93. The second kappa shape index (κ2) is 6.12. The Hall–Kier alpha value is -1.10. The molecule has 0 radical (unpaired) electrons. The van der Waals surface area contributed by atoms with Crippen LogP contribution in [0.1, 0.15) is 23.1 Å². The zero-order valence-corrected chi connectivity index (χ0v) is 12.4. The number of ether oxygens (including phenoxy) is 1. The maximum atomic E-state index is 5.97. The third kappa shape index (κ3) is 2.82. The molecule has 2 aliphatic rings. The maximum absolute atomic E-state index is 5.97. The highest BCUT2D eigenvalue weighted by molar-refractivity contribution is 5.59. The number of nitrogens with zero attached hydrogens (tertiary/aromatic N) is 2. The molecule has 0 aromatic heterocycles. The number of aryl methyl sites for hydroxylation is 1. The van der Waals surface area contributed by atoms with E-state index in [4.69, 9.17) is 10.6 Å². The Bertz CT molecular complexity index is 475. The molecule has 20 heavy (non-hydrogen) atoms. The molecule has 4 nitrogen and oxygen atoms in total. The molecule has 2 heterocycles. The lowest BCUT2D eigenvalue weighted by Gasteiger charge is -2.32. The lowest BCUT2D eigenvalue weighted by Crippen LogP contribution is -2.33. The van der Waals surface area contributed by atoms with Crippen molar-refractivity contribution in [2.75, 3.05) is 44.8 Å². The molecular formula is C16H25N3O. The molecule has 0 fully saturated rings. The summed E-state index contributed by atoms with van der Waals surface area (Å²) < 4.78 is 5.24. The molecule has 2 N–H and O–H groups in total. The first-order chi connectivity index (χ1) is 9.78. The zero-order valence-electron chi connectivity index (χ0n) is 12.4. The van der Waals surface area contributed by atoms with E-state index in [2.05, 4.69) is 17.0 Å². The molecule has 0 unspecified atom stereocenters. The lowest BCUT2D eigenvalue weighted by atomic mass is 9.93. The minimum atomic E-state index is 0.799. The summed E-state index contributed by atoms with van der Waals surface area (Å²) in [5.74, 6) is 5.97. The van der Waals surface area contributed by atoms with Crippen LogP contribution in [0.4, 0.5) is 5.69 Å². The van der Waals surface area contributed by atoms with Crippen molar-refractivity contribution >= 4 is 5.69 Å². The summed E-state index contributed by atoms with van der Waals surface area (Å²) in [6.45, 7) is 4.87. The van der Waals surface area contributed by atoms with Gasteiger partial charge in [0.15, 0.2) is 0 Å². The number of fused-ring (bicyclic) bond motifs is 2. The van der Waals surface area contributed by atoms with Gasteiger partial charge in [-0.2, -0.15) is 0 Å². The normalized spacial score (nSPS) is 19.4. The van der Waals surface area contributed by atoms with Gasteiger partial charge in [0, 0.05) is 39.0 Å². The maximum Gasteiger partial charge on any atom is 0.0637 e. The highest BCUT2D eigenvalue weighted by Gasteiger charge is 2.20. The number of methoxy groups -OCH3 is 1. The van der Waals surface area contributed by atoms with Crippen molar-refractivity contribution in [1.82, 2.24) is 5.01 Å². The second-order valence-corrected chi connectivity index (χ2v) is 5.87. The second-order valence-electron chi connectivity index (χ2n) is 5.87. The topological polar surface area (TPSA) is 41.7 Å². The molecule has 0 aliphatic carbocycles. The van der Waals surface area contributed by atoms with Crippen LogP contribution in [0.5, 0.6) is 0 Å². The fraction of sp³-hybridized carbons (Fsp3) is 0.625. The first kappa shape index (κ1) is 13.9. The molecule has 110 valence electrons. The molecule has 0 saturated heterocycles. The van der Waals surface area contributed by atoms with E-state index in [1.165, 1.54) is 35.2 Å². The van der Waals surface area contributed by atoms with E-state index in [9.17, 15) is 0 Å². The predicted octanol–water partition coefficient (Wildman–Crippen LogP) is 1.36. The van der Waals surface area contributed by atoms with Crippen LogP contribution in [0.2, 0.25) is 0 Å². The SMILES string of the molecule is COCCN1CCCc2cc3c(cc21)CCN(N)CC3. The molecular weight excluding hydrogens is 250 g/mol. The molecule has 0 amide bonds. The number of hydrazine groups is 1. The Kier molecular flexibility index (Phi) is 4.24. The van der Waals surface area contributed by atoms with Crippen molar-refractivity contribution in [2.24, 2.45) is 5.84 Å². The van der Waals surface area contributed by atoms with Gasteiger partial charge in [0.2, 0.25) is 0 Å². The Morgan fingerprint density at radius 1 is 1.05 bits per heavy atom. The van der Waals surface area contributed by atoms with Crippen LogP contribution >= 0.6 is 0 Å². The Morgan fingerprint density at radius 3 is 2.55 bits per heavy atom. The van der Waals surface area contributed by atoms with E-state index in [1.54, 1.807) is 7.11 Å². The lowest BCUT2D eigenvalue weighted by molar-refractivity contribution is 0.205. The van der Waals surface area contributed by atoms with Gasteiger partial charge in [-0.15, -0.1) is 0 Å². The molecule has 0 bridgehead atoms. The fourth-order valence-electron chi connectivity index (χ4n) is 3.34. The summed E-state index contributed by atoms with van der Waals surface area (Å²) in [6, 6.07) is 4.85. The Morgan fingerprint density at radius 2 is 1.80 bits per heavy atom. The molecule has 3 rings (SSSR count). The summed E-state index contributed by atoms with van der Waals surface area (Å²) in [6.07, 6.45) is 4.60. The van der Waals surface area contributed by atoms with Gasteiger partial charge >= 0.3 is 0 Å². The van der Waals surface area contributed by atoms with Crippen molar-refractivity contribution in [2.45, 2.75) is 25.7 Å². The Balaban J connectivity index is 1.89. The van der Waals surface area contributed by atoms with Gasteiger partial charge in [-0.25, -0.2) is 5.01 Å². The standard InChI is InChI=1S/C16H25N3O/c1-20-10-9-18-6-2-3-15-11-13-4-7-19(17)8-5-14(13)12-16(15)18/h11-12H,2-10,17H2,1H3. The highest BCUT2D eigenvalue weighted by atomic mass is 16.5. The first-order valence-corrected chi connectivity index (χ1v) is 7.66. The average molecular weight is 275 g/mol. The molecule has 4 heteroatoms. The minimum Gasteiger partial charge on any atom is -0.383 e. The summed E-state index contributed by atoms with van der Waals surface area (Å²) in [5, 5.41) is 1.95. The predicted molar refractivity (Wildman–Crippen MR) is 82.0 cm³/mol. The quantitative estimate of drug-likeness (QED) is 0.846. The molecule has 1 aromatic carbocycles. The van der Waals surface area contributed by atoms with Gasteiger partial charge in [-0.3, -0.25) is 5.84 Å². The largest absolute Gasteiger partial charge is 0.383 e. The van der Waals surface area contributed by atoms with Gasteiger partial charge in [-0.05, 0) is 48.4 Å². The van der Waals surface area contributed by atoms with E-state index < -0.39 is 0 Å². The first-order valence-electron chi connectivity index (χ1n) is 7.66. The zero-order chi connectivity index (χ0) is 13.9. The van der Waals surface area contributed by atoms with Crippen molar-refractivity contribution in [1.29, 1.82) is 0 Å². The number of anilines is 1. The van der Waals surface area contributed by atoms with E-state index >= 15 is 0 Å². The summed E-state index contributed by atoms with van der Waals surface area (Å²) >= 11 is 0. The average Bonchev–Trinajstić information content (AvgIpc) is 2.65. The van der Waals surface area contributed by atoms with Crippen molar-refractivity contribution in [3.8, 4) is 0 Å².